The number of hydrogen-bond acceptors (Lipinski definition) is 3. The highest BCUT2D eigenvalue weighted by molar-refractivity contribution is 7.80. The summed E-state index contributed by atoms with van der Waals surface area (Å²) in [6.07, 6.45) is 0. The van der Waals surface area contributed by atoms with E-state index in [4.69, 9.17) is 17.0 Å². The third-order valence-corrected chi connectivity index (χ3v) is 3.68. The van der Waals surface area contributed by atoms with Gasteiger partial charge >= 0.3 is 0 Å². The van der Waals surface area contributed by atoms with Gasteiger partial charge in [0.25, 0.3) is 0 Å². The molecule has 0 spiro atoms. The first-order chi connectivity index (χ1) is 10.0. The molecule has 2 N–H and O–H groups in total. The minimum absolute atomic E-state index is 0.586. The number of rotatable bonds is 4. The first kappa shape index (κ1) is 15.3. The van der Waals surface area contributed by atoms with Crippen LogP contribution in [0.4, 0.5) is 5.69 Å². The average molecular weight is 304 g/mol. The van der Waals surface area contributed by atoms with Crippen LogP contribution >= 0.6 is 12.2 Å². The summed E-state index contributed by atoms with van der Waals surface area (Å²) in [6.45, 7) is 4.72. The van der Waals surface area contributed by atoms with Gasteiger partial charge < -0.3 is 15.4 Å². The number of ether oxygens (including phenoxy) is 1. The van der Waals surface area contributed by atoms with Gasteiger partial charge in [-0.25, -0.2) is 0 Å². The summed E-state index contributed by atoms with van der Waals surface area (Å²) in [6, 6.07) is 7.63. The molecule has 0 aliphatic carbocycles. The van der Waals surface area contributed by atoms with Gasteiger partial charge in [-0.3, -0.25) is 4.68 Å². The van der Waals surface area contributed by atoms with Gasteiger partial charge in [-0.05, 0) is 50.3 Å². The maximum atomic E-state index is 5.31. The Bertz CT molecular complexity index is 634. The molecule has 2 aromatic rings. The van der Waals surface area contributed by atoms with E-state index in [1.807, 2.05) is 42.9 Å². The fourth-order valence-electron chi connectivity index (χ4n) is 2.09. The lowest BCUT2D eigenvalue weighted by Gasteiger charge is -2.11. The predicted molar refractivity (Wildman–Crippen MR) is 88.7 cm³/mol. The molecule has 112 valence electrons. The number of hydrogen-bond donors (Lipinski definition) is 2. The summed E-state index contributed by atoms with van der Waals surface area (Å²) in [5, 5.41) is 11.3. The lowest BCUT2D eigenvalue weighted by Crippen LogP contribution is -2.28. The highest BCUT2D eigenvalue weighted by Crippen LogP contribution is 2.15. The van der Waals surface area contributed by atoms with Crippen LogP contribution in [0.25, 0.3) is 0 Å². The van der Waals surface area contributed by atoms with E-state index in [-0.39, 0.29) is 0 Å². The van der Waals surface area contributed by atoms with Crippen molar-refractivity contribution in [3.8, 4) is 5.75 Å². The Morgan fingerprint density at radius 2 is 1.95 bits per heavy atom. The van der Waals surface area contributed by atoms with Gasteiger partial charge in [0, 0.05) is 30.5 Å². The first-order valence-electron chi connectivity index (χ1n) is 6.69. The molecular formula is C15H20N4OS. The Kier molecular flexibility index (Phi) is 4.80. The van der Waals surface area contributed by atoms with E-state index in [0.29, 0.717) is 11.7 Å². The molecule has 0 aliphatic rings. The fraction of sp³-hybridized carbons (Fsp3) is 0.333. The maximum Gasteiger partial charge on any atom is 0.171 e. The van der Waals surface area contributed by atoms with E-state index in [2.05, 4.69) is 22.7 Å². The standard InChI is InChI=1S/C15H20N4OS/c1-10-14(11(2)19(3)18-10)9-16-15(21)17-12-5-7-13(20-4)8-6-12/h5-8H,9H2,1-4H3,(H2,16,17,21). The van der Waals surface area contributed by atoms with Crippen molar-refractivity contribution in [2.24, 2.45) is 7.05 Å². The highest BCUT2D eigenvalue weighted by Gasteiger charge is 2.09. The van der Waals surface area contributed by atoms with Crippen LogP contribution in [0.3, 0.4) is 0 Å². The van der Waals surface area contributed by atoms with E-state index in [1.165, 1.54) is 5.56 Å². The molecule has 0 unspecified atom stereocenters. The molecule has 1 aromatic heterocycles. The number of aromatic nitrogens is 2. The lowest BCUT2D eigenvalue weighted by atomic mass is 10.2. The molecule has 6 heteroatoms. The number of aryl methyl sites for hydroxylation is 2. The van der Waals surface area contributed by atoms with Gasteiger partial charge in [0.1, 0.15) is 5.75 Å². The number of thiocarbonyl (C=S) groups is 1. The smallest absolute Gasteiger partial charge is 0.171 e. The molecule has 0 saturated carbocycles. The van der Waals surface area contributed by atoms with Crippen molar-refractivity contribution >= 4 is 23.0 Å². The molecule has 0 radical (unpaired) electrons. The molecule has 5 nitrogen and oxygen atoms in total. The van der Waals surface area contributed by atoms with Gasteiger partial charge in [0.2, 0.25) is 0 Å². The van der Waals surface area contributed by atoms with Crippen molar-refractivity contribution < 1.29 is 4.74 Å². The molecule has 0 fully saturated rings. The molecule has 1 aromatic carbocycles. The van der Waals surface area contributed by atoms with Gasteiger partial charge in [-0.15, -0.1) is 0 Å². The van der Waals surface area contributed by atoms with Crippen LogP contribution in [0.5, 0.6) is 5.75 Å². The fourth-order valence-corrected chi connectivity index (χ4v) is 2.28. The van der Waals surface area contributed by atoms with Crippen molar-refractivity contribution in [3.63, 3.8) is 0 Å². The van der Waals surface area contributed by atoms with Crippen LogP contribution < -0.4 is 15.4 Å². The van der Waals surface area contributed by atoms with Crippen molar-refractivity contribution in [1.29, 1.82) is 0 Å². The zero-order valence-electron chi connectivity index (χ0n) is 12.7. The Balaban J connectivity index is 1.92. The minimum atomic E-state index is 0.586. The summed E-state index contributed by atoms with van der Waals surface area (Å²) in [5.41, 5.74) is 4.27. The van der Waals surface area contributed by atoms with Gasteiger partial charge in [0.15, 0.2) is 5.11 Å². The SMILES string of the molecule is COc1ccc(NC(=S)NCc2c(C)nn(C)c2C)cc1. The van der Waals surface area contributed by atoms with Crippen LogP contribution in [-0.4, -0.2) is 22.0 Å². The number of methoxy groups -OCH3 is 1. The minimum Gasteiger partial charge on any atom is -0.497 e. The molecule has 0 bridgehead atoms. The van der Waals surface area contributed by atoms with E-state index < -0.39 is 0 Å². The topological polar surface area (TPSA) is 51.1 Å². The van der Waals surface area contributed by atoms with Crippen LogP contribution in [-0.2, 0) is 13.6 Å². The normalized spacial score (nSPS) is 10.3. The van der Waals surface area contributed by atoms with Gasteiger partial charge in [-0.1, -0.05) is 0 Å². The number of benzene rings is 1. The molecule has 0 aliphatic heterocycles. The van der Waals surface area contributed by atoms with Gasteiger partial charge in [0.05, 0.1) is 12.8 Å². The summed E-state index contributed by atoms with van der Waals surface area (Å²) >= 11 is 5.31. The second-order valence-corrected chi connectivity index (χ2v) is 5.22. The number of anilines is 1. The zero-order valence-corrected chi connectivity index (χ0v) is 13.5. The average Bonchev–Trinajstić information content (AvgIpc) is 2.71. The molecule has 0 atom stereocenters. The van der Waals surface area contributed by atoms with E-state index in [0.717, 1.165) is 22.8 Å². The third kappa shape index (κ3) is 3.72. The van der Waals surface area contributed by atoms with Crippen molar-refractivity contribution in [2.75, 3.05) is 12.4 Å². The largest absolute Gasteiger partial charge is 0.497 e. The lowest BCUT2D eigenvalue weighted by molar-refractivity contribution is 0.415. The van der Waals surface area contributed by atoms with E-state index in [1.54, 1.807) is 7.11 Å². The van der Waals surface area contributed by atoms with Crippen molar-refractivity contribution in [2.45, 2.75) is 20.4 Å². The number of nitrogens with zero attached hydrogens (tertiary/aromatic N) is 2. The van der Waals surface area contributed by atoms with Crippen LogP contribution in [0, 0.1) is 13.8 Å². The van der Waals surface area contributed by atoms with Crippen molar-refractivity contribution in [3.05, 3.63) is 41.2 Å². The van der Waals surface area contributed by atoms with E-state index >= 15 is 0 Å². The van der Waals surface area contributed by atoms with Crippen LogP contribution in [0.2, 0.25) is 0 Å². The molecular weight excluding hydrogens is 284 g/mol. The number of nitrogens with one attached hydrogen (secondary N) is 2. The molecule has 0 saturated heterocycles. The monoisotopic (exact) mass is 304 g/mol. The van der Waals surface area contributed by atoms with Crippen LogP contribution in [0.15, 0.2) is 24.3 Å². The molecule has 1 heterocycles. The van der Waals surface area contributed by atoms with Crippen LogP contribution in [0.1, 0.15) is 17.0 Å². The summed E-state index contributed by atoms with van der Waals surface area (Å²) in [7, 11) is 3.59. The Hall–Kier alpha value is -2.08. The summed E-state index contributed by atoms with van der Waals surface area (Å²) in [5.74, 6) is 0.820. The quantitative estimate of drug-likeness (QED) is 0.850. The Morgan fingerprint density at radius 3 is 2.48 bits per heavy atom. The third-order valence-electron chi connectivity index (χ3n) is 3.43. The van der Waals surface area contributed by atoms with Crippen molar-refractivity contribution in [1.82, 2.24) is 15.1 Å². The summed E-state index contributed by atoms with van der Waals surface area (Å²) in [4.78, 5) is 0. The predicted octanol–water partition coefficient (Wildman–Crippen LogP) is 2.53. The Labute approximate surface area is 130 Å². The molecule has 0 amide bonds. The highest BCUT2D eigenvalue weighted by atomic mass is 32.1. The second kappa shape index (κ2) is 6.58. The molecule has 2 rings (SSSR count). The zero-order chi connectivity index (χ0) is 15.4. The molecule has 21 heavy (non-hydrogen) atoms. The first-order valence-corrected chi connectivity index (χ1v) is 7.10. The van der Waals surface area contributed by atoms with E-state index in [9.17, 15) is 0 Å². The summed E-state index contributed by atoms with van der Waals surface area (Å²) < 4.78 is 7.00. The Morgan fingerprint density at radius 1 is 1.29 bits per heavy atom. The van der Waals surface area contributed by atoms with Gasteiger partial charge in [-0.2, -0.15) is 5.10 Å². The maximum absolute atomic E-state index is 5.31. The second-order valence-electron chi connectivity index (χ2n) is 4.81.